The van der Waals surface area contributed by atoms with Crippen molar-refractivity contribution in [3.63, 3.8) is 0 Å². The topological polar surface area (TPSA) is 26.3 Å². The predicted molar refractivity (Wildman–Crippen MR) is 69.9 cm³/mol. The predicted octanol–water partition coefficient (Wildman–Crippen LogP) is 3.71. The largest absolute Gasteiger partial charge is 0.457 e. The smallest absolute Gasteiger partial charge is 0.130 e. The summed E-state index contributed by atoms with van der Waals surface area (Å²) < 4.78 is 5.77. The first-order chi connectivity index (χ1) is 8.82. The Labute approximate surface area is 106 Å². The van der Waals surface area contributed by atoms with Gasteiger partial charge in [-0.05, 0) is 42.7 Å². The average molecular weight is 238 g/mol. The molecule has 0 spiro atoms. The van der Waals surface area contributed by atoms with E-state index in [-0.39, 0.29) is 5.41 Å². The first-order valence-electron chi connectivity index (χ1n) is 6.12. The Kier molecular flexibility index (Phi) is 2.63. The zero-order valence-electron chi connectivity index (χ0n) is 10.0. The number of carbonyl (C=O) groups is 1. The third-order valence-electron chi connectivity index (χ3n) is 3.40. The van der Waals surface area contributed by atoms with Crippen molar-refractivity contribution in [1.82, 2.24) is 0 Å². The van der Waals surface area contributed by atoms with Gasteiger partial charge in [-0.2, -0.15) is 0 Å². The number of para-hydroxylation sites is 1. The zero-order chi connectivity index (χ0) is 12.4. The van der Waals surface area contributed by atoms with Gasteiger partial charge in [0, 0.05) is 0 Å². The van der Waals surface area contributed by atoms with Gasteiger partial charge in [0.05, 0.1) is 5.41 Å². The monoisotopic (exact) mass is 238 g/mol. The Hall–Kier alpha value is -2.09. The van der Waals surface area contributed by atoms with Gasteiger partial charge in [-0.15, -0.1) is 0 Å². The summed E-state index contributed by atoms with van der Waals surface area (Å²) in [5, 5.41) is 0. The molecule has 1 aliphatic carbocycles. The second-order valence-electron chi connectivity index (χ2n) is 4.72. The summed E-state index contributed by atoms with van der Waals surface area (Å²) in [7, 11) is 0. The van der Waals surface area contributed by atoms with E-state index in [2.05, 4.69) is 0 Å². The Bertz CT molecular complexity index is 556. The maximum atomic E-state index is 11.1. The van der Waals surface area contributed by atoms with Crippen molar-refractivity contribution in [3.05, 3.63) is 60.2 Å². The van der Waals surface area contributed by atoms with Gasteiger partial charge in [0.25, 0.3) is 0 Å². The minimum Gasteiger partial charge on any atom is -0.457 e. The fourth-order valence-electron chi connectivity index (χ4n) is 2.10. The molecule has 0 aromatic heterocycles. The number of carbonyl (C=O) groups excluding carboxylic acids is 1. The summed E-state index contributed by atoms with van der Waals surface area (Å²) in [5.41, 5.74) is 0.821. The van der Waals surface area contributed by atoms with Crippen molar-refractivity contribution in [3.8, 4) is 11.5 Å². The first kappa shape index (κ1) is 11.0. The lowest BCUT2D eigenvalue weighted by Gasteiger charge is -2.10. The van der Waals surface area contributed by atoms with Crippen LogP contribution >= 0.6 is 0 Å². The van der Waals surface area contributed by atoms with Crippen LogP contribution in [0, 0.1) is 0 Å². The molecule has 0 radical (unpaired) electrons. The minimum absolute atomic E-state index is 0.240. The lowest BCUT2D eigenvalue weighted by Crippen LogP contribution is -2.07. The highest BCUT2D eigenvalue weighted by molar-refractivity contribution is 5.73. The normalized spacial score (nSPS) is 16.0. The summed E-state index contributed by atoms with van der Waals surface area (Å²) >= 11 is 0. The highest BCUT2D eigenvalue weighted by atomic mass is 16.5. The number of hydrogen-bond donors (Lipinski definition) is 0. The van der Waals surface area contributed by atoms with Gasteiger partial charge in [-0.1, -0.05) is 30.3 Å². The van der Waals surface area contributed by atoms with Gasteiger partial charge in [0.1, 0.15) is 17.8 Å². The highest BCUT2D eigenvalue weighted by Crippen LogP contribution is 2.47. The fraction of sp³-hybridized carbons (Fsp3) is 0.188. The molecule has 0 bridgehead atoms. The SMILES string of the molecule is O=CC1(c2cccc(Oc3ccccc3)c2)CC1. The van der Waals surface area contributed by atoms with E-state index in [1.54, 1.807) is 0 Å². The van der Waals surface area contributed by atoms with Crippen molar-refractivity contribution in [1.29, 1.82) is 0 Å². The Morgan fingerprint density at radius 1 is 0.944 bits per heavy atom. The lowest BCUT2D eigenvalue weighted by atomic mass is 9.98. The van der Waals surface area contributed by atoms with Crippen molar-refractivity contribution in [2.75, 3.05) is 0 Å². The molecule has 2 aromatic rings. The standard InChI is InChI=1S/C16H14O2/c17-12-16(9-10-16)13-5-4-8-15(11-13)18-14-6-2-1-3-7-14/h1-8,11-12H,9-10H2. The van der Waals surface area contributed by atoms with Crippen LogP contribution in [0.15, 0.2) is 54.6 Å². The first-order valence-corrected chi connectivity index (χ1v) is 6.12. The maximum Gasteiger partial charge on any atom is 0.130 e. The molecule has 0 saturated heterocycles. The van der Waals surface area contributed by atoms with E-state index in [1.807, 2.05) is 54.6 Å². The highest BCUT2D eigenvalue weighted by Gasteiger charge is 2.44. The van der Waals surface area contributed by atoms with E-state index < -0.39 is 0 Å². The van der Waals surface area contributed by atoms with Gasteiger partial charge in [0.15, 0.2) is 0 Å². The van der Waals surface area contributed by atoms with E-state index in [0.29, 0.717) is 0 Å². The molecule has 0 atom stereocenters. The number of aldehydes is 1. The second kappa shape index (κ2) is 4.30. The molecule has 1 fully saturated rings. The molecule has 18 heavy (non-hydrogen) atoms. The maximum absolute atomic E-state index is 11.1. The van der Waals surface area contributed by atoms with Crippen LogP contribution in [0.4, 0.5) is 0 Å². The molecule has 0 heterocycles. The average Bonchev–Trinajstić information content (AvgIpc) is 3.21. The van der Waals surface area contributed by atoms with Crippen LogP contribution in [0.1, 0.15) is 18.4 Å². The molecule has 0 N–H and O–H groups in total. The van der Waals surface area contributed by atoms with Crippen LogP contribution in [0.3, 0.4) is 0 Å². The molecule has 1 aliphatic rings. The minimum atomic E-state index is -0.240. The number of rotatable bonds is 4. The molecule has 90 valence electrons. The fourth-order valence-corrected chi connectivity index (χ4v) is 2.10. The van der Waals surface area contributed by atoms with Crippen molar-refractivity contribution < 1.29 is 9.53 Å². The van der Waals surface area contributed by atoms with Gasteiger partial charge in [-0.25, -0.2) is 0 Å². The summed E-state index contributed by atoms with van der Waals surface area (Å²) in [6.45, 7) is 0. The van der Waals surface area contributed by atoms with Crippen LogP contribution < -0.4 is 4.74 Å². The zero-order valence-corrected chi connectivity index (χ0v) is 10.0. The molecule has 0 amide bonds. The third kappa shape index (κ3) is 2.02. The van der Waals surface area contributed by atoms with Crippen LogP contribution in [-0.4, -0.2) is 6.29 Å². The van der Waals surface area contributed by atoms with Crippen molar-refractivity contribution >= 4 is 6.29 Å². The van der Waals surface area contributed by atoms with Gasteiger partial charge in [0.2, 0.25) is 0 Å². The second-order valence-corrected chi connectivity index (χ2v) is 4.72. The molecule has 0 aliphatic heterocycles. The quantitative estimate of drug-likeness (QED) is 0.759. The van der Waals surface area contributed by atoms with E-state index in [1.165, 1.54) is 0 Å². The van der Waals surface area contributed by atoms with Crippen molar-refractivity contribution in [2.45, 2.75) is 18.3 Å². The molecule has 1 saturated carbocycles. The van der Waals surface area contributed by atoms with Gasteiger partial charge >= 0.3 is 0 Å². The molecule has 2 nitrogen and oxygen atoms in total. The number of benzene rings is 2. The summed E-state index contributed by atoms with van der Waals surface area (Å²) in [5.74, 6) is 1.59. The summed E-state index contributed by atoms with van der Waals surface area (Å²) in [6.07, 6.45) is 2.96. The summed E-state index contributed by atoms with van der Waals surface area (Å²) in [6, 6.07) is 17.5. The molecule has 0 unspecified atom stereocenters. The van der Waals surface area contributed by atoms with Gasteiger partial charge in [-0.3, -0.25) is 0 Å². The Balaban J connectivity index is 1.86. The molecular formula is C16H14O2. The van der Waals surface area contributed by atoms with E-state index in [9.17, 15) is 4.79 Å². The summed E-state index contributed by atoms with van der Waals surface area (Å²) in [4.78, 5) is 11.1. The van der Waals surface area contributed by atoms with Gasteiger partial charge < -0.3 is 9.53 Å². The van der Waals surface area contributed by atoms with Crippen LogP contribution in [0.2, 0.25) is 0 Å². The van der Waals surface area contributed by atoms with E-state index in [0.717, 1.165) is 36.2 Å². The molecule has 2 aromatic carbocycles. The van der Waals surface area contributed by atoms with Crippen LogP contribution in [0.5, 0.6) is 11.5 Å². The molecular weight excluding hydrogens is 224 g/mol. The Morgan fingerprint density at radius 3 is 2.33 bits per heavy atom. The van der Waals surface area contributed by atoms with E-state index in [4.69, 9.17) is 4.74 Å². The van der Waals surface area contributed by atoms with Crippen LogP contribution in [0.25, 0.3) is 0 Å². The molecule has 3 rings (SSSR count). The molecule has 2 heteroatoms. The van der Waals surface area contributed by atoms with Crippen molar-refractivity contribution in [2.24, 2.45) is 0 Å². The lowest BCUT2D eigenvalue weighted by molar-refractivity contribution is -0.109. The number of ether oxygens (including phenoxy) is 1. The van der Waals surface area contributed by atoms with Crippen LogP contribution in [-0.2, 0) is 10.2 Å². The Morgan fingerprint density at radius 2 is 1.67 bits per heavy atom. The third-order valence-corrected chi connectivity index (χ3v) is 3.40. The van der Waals surface area contributed by atoms with E-state index >= 15 is 0 Å². The number of hydrogen-bond acceptors (Lipinski definition) is 2.